The molecule has 3 rings (SSSR count). The Bertz CT molecular complexity index is 529. The van der Waals surface area contributed by atoms with Crippen molar-refractivity contribution in [3.8, 4) is 0 Å². The van der Waals surface area contributed by atoms with Crippen molar-refractivity contribution in [2.24, 2.45) is 0 Å². The lowest BCUT2D eigenvalue weighted by atomic mass is 9.95. The number of nitrogens with zero attached hydrogens (tertiary/aromatic N) is 1. The number of hydrogen-bond donors (Lipinski definition) is 1. The third-order valence-corrected chi connectivity index (χ3v) is 3.91. The van der Waals surface area contributed by atoms with Crippen molar-refractivity contribution in [2.45, 2.75) is 38.0 Å². The van der Waals surface area contributed by atoms with Gasteiger partial charge in [-0.3, -0.25) is 4.90 Å². The summed E-state index contributed by atoms with van der Waals surface area (Å²) in [5.41, 5.74) is 0.126. The molecule has 1 N–H and O–H groups in total. The van der Waals surface area contributed by atoms with Gasteiger partial charge in [0.1, 0.15) is 5.76 Å². The van der Waals surface area contributed by atoms with Crippen molar-refractivity contribution in [2.75, 3.05) is 6.54 Å². The predicted octanol–water partition coefficient (Wildman–Crippen LogP) is 3.15. The van der Waals surface area contributed by atoms with Crippen molar-refractivity contribution in [3.63, 3.8) is 0 Å². The summed E-state index contributed by atoms with van der Waals surface area (Å²) in [4.78, 5) is 2.33. The second-order valence-electron chi connectivity index (χ2n) is 5.86. The fourth-order valence-corrected chi connectivity index (χ4v) is 2.64. The van der Waals surface area contributed by atoms with Gasteiger partial charge in [-0.1, -0.05) is 30.3 Å². The third kappa shape index (κ3) is 3.11. The Morgan fingerprint density at radius 3 is 2.55 bits per heavy atom. The number of benzene rings is 1. The molecular formula is C17H21NO2. The Balaban J connectivity index is 1.72. The van der Waals surface area contributed by atoms with Gasteiger partial charge >= 0.3 is 0 Å². The topological polar surface area (TPSA) is 36.6 Å². The minimum absolute atomic E-state index is 0.579. The quantitative estimate of drug-likeness (QED) is 0.877. The van der Waals surface area contributed by atoms with Crippen LogP contribution >= 0.6 is 0 Å². The van der Waals surface area contributed by atoms with Crippen LogP contribution in [0.15, 0.2) is 53.1 Å². The molecule has 1 saturated carbocycles. The van der Waals surface area contributed by atoms with E-state index in [0.29, 0.717) is 12.6 Å². The lowest BCUT2D eigenvalue weighted by Gasteiger charge is -2.31. The zero-order chi connectivity index (χ0) is 14.0. The van der Waals surface area contributed by atoms with E-state index in [4.69, 9.17) is 4.42 Å². The molecule has 1 aromatic carbocycles. The van der Waals surface area contributed by atoms with Crippen LogP contribution in [0.4, 0.5) is 0 Å². The summed E-state index contributed by atoms with van der Waals surface area (Å²) in [5.74, 6) is 0.959. The highest BCUT2D eigenvalue weighted by atomic mass is 16.3. The summed E-state index contributed by atoms with van der Waals surface area (Å²) < 4.78 is 5.44. The highest BCUT2D eigenvalue weighted by Gasteiger charge is 2.35. The Labute approximate surface area is 119 Å². The van der Waals surface area contributed by atoms with E-state index in [9.17, 15) is 5.11 Å². The first-order valence-corrected chi connectivity index (χ1v) is 7.19. The number of furan rings is 1. The average molecular weight is 271 g/mol. The maximum absolute atomic E-state index is 10.8. The summed E-state index contributed by atoms with van der Waals surface area (Å²) in [6, 6.07) is 14.4. The van der Waals surface area contributed by atoms with Crippen molar-refractivity contribution in [3.05, 3.63) is 60.1 Å². The molecule has 1 aromatic heterocycles. The molecule has 1 aliphatic carbocycles. The third-order valence-electron chi connectivity index (χ3n) is 3.91. The maximum atomic E-state index is 10.8. The smallest absolute Gasteiger partial charge is 0.117 e. The van der Waals surface area contributed by atoms with Gasteiger partial charge in [-0.05, 0) is 37.5 Å². The SMILES string of the molecule is CC(O)(CN(Cc1ccco1)C1CC1)c1ccccc1. The molecule has 0 amide bonds. The monoisotopic (exact) mass is 271 g/mol. The Kier molecular flexibility index (Phi) is 3.64. The van der Waals surface area contributed by atoms with Crippen molar-refractivity contribution in [1.29, 1.82) is 0 Å². The molecule has 1 unspecified atom stereocenters. The molecule has 1 atom stereocenters. The molecule has 1 fully saturated rings. The standard InChI is InChI=1S/C17H21NO2/c1-17(19,14-6-3-2-4-7-14)13-18(15-9-10-15)12-16-8-5-11-20-16/h2-8,11,15,19H,9-10,12-13H2,1H3. The van der Waals surface area contributed by atoms with Gasteiger partial charge < -0.3 is 9.52 Å². The molecule has 0 bridgehead atoms. The number of aliphatic hydroxyl groups is 1. The van der Waals surface area contributed by atoms with Gasteiger partial charge in [0.15, 0.2) is 0 Å². The normalized spacial score (nSPS) is 18.1. The van der Waals surface area contributed by atoms with E-state index in [1.54, 1.807) is 6.26 Å². The molecule has 0 radical (unpaired) electrons. The minimum atomic E-state index is -0.837. The highest BCUT2D eigenvalue weighted by molar-refractivity contribution is 5.22. The van der Waals surface area contributed by atoms with Crippen LogP contribution in [0.5, 0.6) is 0 Å². The van der Waals surface area contributed by atoms with Gasteiger partial charge in [-0.2, -0.15) is 0 Å². The van der Waals surface area contributed by atoms with E-state index >= 15 is 0 Å². The Morgan fingerprint density at radius 1 is 1.20 bits per heavy atom. The van der Waals surface area contributed by atoms with Crippen LogP contribution in [0, 0.1) is 0 Å². The molecule has 0 saturated heterocycles. The zero-order valence-electron chi connectivity index (χ0n) is 11.8. The van der Waals surface area contributed by atoms with Crippen LogP contribution in [0.2, 0.25) is 0 Å². The van der Waals surface area contributed by atoms with Gasteiger partial charge in [-0.15, -0.1) is 0 Å². The number of rotatable bonds is 6. The van der Waals surface area contributed by atoms with Crippen molar-refractivity contribution < 1.29 is 9.52 Å². The largest absolute Gasteiger partial charge is 0.468 e. The maximum Gasteiger partial charge on any atom is 0.117 e. The van der Waals surface area contributed by atoms with Gasteiger partial charge in [0, 0.05) is 12.6 Å². The average Bonchev–Trinajstić information content (AvgIpc) is 3.18. The van der Waals surface area contributed by atoms with Gasteiger partial charge in [0.2, 0.25) is 0 Å². The fourth-order valence-electron chi connectivity index (χ4n) is 2.64. The van der Waals surface area contributed by atoms with Crippen LogP contribution in [-0.4, -0.2) is 22.6 Å². The Morgan fingerprint density at radius 2 is 1.95 bits per heavy atom. The van der Waals surface area contributed by atoms with E-state index < -0.39 is 5.60 Å². The van der Waals surface area contributed by atoms with E-state index in [2.05, 4.69) is 4.90 Å². The minimum Gasteiger partial charge on any atom is -0.468 e. The first kappa shape index (κ1) is 13.4. The van der Waals surface area contributed by atoms with Gasteiger partial charge in [0.05, 0.1) is 18.4 Å². The van der Waals surface area contributed by atoms with Crippen LogP contribution in [-0.2, 0) is 12.1 Å². The van der Waals surface area contributed by atoms with Gasteiger partial charge in [-0.25, -0.2) is 0 Å². The van der Waals surface area contributed by atoms with E-state index in [-0.39, 0.29) is 0 Å². The molecule has 0 spiro atoms. The van der Waals surface area contributed by atoms with E-state index in [1.807, 2.05) is 49.4 Å². The molecule has 2 aromatic rings. The van der Waals surface area contributed by atoms with Crippen LogP contribution < -0.4 is 0 Å². The molecule has 1 aliphatic rings. The molecule has 1 heterocycles. The molecule has 3 heteroatoms. The van der Waals surface area contributed by atoms with E-state index in [1.165, 1.54) is 12.8 Å². The molecule has 20 heavy (non-hydrogen) atoms. The first-order valence-electron chi connectivity index (χ1n) is 7.19. The van der Waals surface area contributed by atoms with Crippen LogP contribution in [0.1, 0.15) is 31.1 Å². The zero-order valence-corrected chi connectivity index (χ0v) is 11.8. The Hall–Kier alpha value is -1.58. The van der Waals surface area contributed by atoms with Crippen LogP contribution in [0.3, 0.4) is 0 Å². The van der Waals surface area contributed by atoms with Crippen LogP contribution in [0.25, 0.3) is 0 Å². The lowest BCUT2D eigenvalue weighted by Crippen LogP contribution is -2.39. The summed E-state index contributed by atoms with van der Waals surface area (Å²) in [6.45, 7) is 3.28. The summed E-state index contributed by atoms with van der Waals surface area (Å²) in [6.07, 6.45) is 4.13. The second kappa shape index (κ2) is 5.43. The first-order chi connectivity index (χ1) is 9.65. The summed E-state index contributed by atoms with van der Waals surface area (Å²) >= 11 is 0. The lowest BCUT2D eigenvalue weighted by molar-refractivity contribution is 0.00862. The highest BCUT2D eigenvalue weighted by Crippen LogP contribution is 2.32. The predicted molar refractivity (Wildman–Crippen MR) is 78.2 cm³/mol. The second-order valence-corrected chi connectivity index (χ2v) is 5.86. The van der Waals surface area contributed by atoms with E-state index in [0.717, 1.165) is 17.9 Å². The summed E-state index contributed by atoms with van der Waals surface area (Å²) in [7, 11) is 0. The van der Waals surface area contributed by atoms with Gasteiger partial charge in [0.25, 0.3) is 0 Å². The fraction of sp³-hybridized carbons (Fsp3) is 0.412. The molecule has 3 nitrogen and oxygen atoms in total. The molecule has 106 valence electrons. The molecule has 0 aliphatic heterocycles. The van der Waals surface area contributed by atoms with Crippen molar-refractivity contribution in [1.82, 2.24) is 4.90 Å². The summed E-state index contributed by atoms with van der Waals surface area (Å²) in [5, 5.41) is 10.8. The molecular weight excluding hydrogens is 250 g/mol. The number of hydrogen-bond acceptors (Lipinski definition) is 3. The van der Waals surface area contributed by atoms with Crippen molar-refractivity contribution >= 4 is 0 Å².